The van der Waals surface area contributed by atoms with Gasteiger partial charge < -0.3 is 15.2 Å². The van der Waals surface area contributed by atoms with E-state index in [1.165, 1.54) is 25.5 Å². The lowest BCUT2D eigenvalue weighted by Gasteiger charge is -2.08. The summed E-state index contributed by atoms with van der Waals surface area (Å²) in [5.41, 5.74) is 3.82. The monoisotopic (exact) mass is 423 g/mol. The van der Waals surface area contributed by atoms with E-state index >= 15 is 0 Å². The molecule has 0 heterocycles. The van der Waals surface area contributed by atoms with Crippen LogP contribution < -0.4 is 15.5 Å². The Labute approximate surface area is 178 Å². The molecule has 8 heteroatoms. The lowest BCUT2D eigenvalue weighted by Crippen LogP contribution is -2.18. The molecule has 152 valence electrons. The first-order chi connectivity index (χ1) is 14.5. The van der Waals surface area contributed by atoms with Gasteiger partial charge in [0.1, 0.15) is 11.5 Å². The molecule has 0 unspecified atom stereocenters. The Morgan fingerprint density at radius 3 is 2.60 bits per heavy atom. The van der Waals surface area contributed by atoms with Crippen LogP contribution in [0.25, 0.3) is 0 Å². The number of rotatable bonds is 6. The van der Waals surface area contributed by atoms with Gasteiger partial charge in [-0.3, -0.25) is 9.59 Å². The first-order valence-corrected chi connectivity index (χ1v) is 9.22. The molecule has 0 spiro atoms. The number of benzene rings is 3. The van der Waals surface area contributed by atoms with Crippen molar-refractivity contribution in [1.29, 1.82) is 0 Å². The number of phenols is 1. The maximum Gasteiger partial charge on any atom is 0.271 e. The van der Waals surface area contributed by atoms with Crippen molar-refractivity contribution in [3.63, 3.8) is 0 Å². The van der Waals surface area contributed by atoms with Crippen LogP contribution in [0.3, 0.4) is 0 Å². The zero-order chi connectivity index (χ0) is 21.5. The highest BCUT2D eigenvalue weighted by Gasteiger charge is 2.11. The molecule has 0 saturated carbocycles. The number of nitrogens with zero attached hydrogens (tertiary/aromatic N) is 1. The summed E-state index contributed by atoms with van der Waals surface area (Å²) >= 11 is 6.04. The molecule has 3 aromatic carbocycles. The number of hydrogen-bond acceptors (Lipinski definition) is 5. The first kappa shape index (κ1) is 20.9. The largest absolute Gasteiger partial charge is 0.507 e. The van der Waals surface area contributed by atoms with Crippen LogP contribution in [0.2, 0.25) is 5.02 Å². The van der Waals surface area contributed by atoms with Crippen LogP contribution in [-0.4, -0.2) is 30.2 Å². The minimum Gasteiger partial charge on any atom is -0.507 e. The Bertz CT molecular complexity index is 1120. The van der Waals surface area contributed by atoms with Gasteiger partial charge in [0.25, 0.3) is 11.8 Å². The van der Waals surface area contributed by atoms with Crippen LogP contribution in [0.4, 0.5) is 5.69 Å². The third-order valence-corrected chi connectivity index (χ3v) is 4.44. The fraction of sp³-hybridized carbons (Fsp3) is 0.0455. The summed E-state index contributed by atoms with van der Waals surface area (Å²) in [5.74, 6) is -0.326. The Kier molecular flexibility index (Phi) is 6.67. The summed E-state index contributed by atoms with van der Waals surface area (Å²) in [6, 6.07) is 17.7. The van der Waals surface area contributed by atoms with Crippen LogP contribution in [0.1, 0.15) is 26.3 Å². The standard InChI is InChI=1S/C22H18ClN3O4/c1-30-17-9-10-20(27)15(12-17)13-24-26-21(28)14-5-4-6-16(11-14)25-22(29)18-7-2-3-8-19(18)23/h2-13,27H,1H3,(H,25,29)(H,26,28)/b24-13+. The van der Waals surface area contributed by atoms with Gasteiger partial charge in [-0.25, -0.2) is 5.43 Å². The predicted octanol–water partition coefficient (Wildman–Crippen LogP) is 4.07. The first-order valence-electron chi connectivity index (χ1n) is 8.84. The molecule has 0 bridgehead atoms. The van der Waals surface area contributed by atoms with Crippen molar-refractivity contribution < 1.29 is 19.4 Å². The summed E-state index contributed by atoms with van der Waals surface area (Å²) < 4.78 is 5.09. The van der Waals surface area contributed by atoms with Gasteiger partial charge in [0.15, 0.2) is 0 Å². The normalized spacial score (nSPS) is 10.6. The molecule has 0 atom stereocenters. The number of aromatic hydroxyl groups is 1. The van der Waals surface area contributed by atoms with Crippen molar-refractivity contribution >= 4 is 35.3 Å². The van der Waals surface area contributed by atoms with Gasteiger partial charge in [-0.05, 0) is 48.5 Å². The molecule has 0 radical (unpaired) electrons. The van der Waals surface area contributed by atoms with Gasteiger partial charge in [0, 0.05) is 16.8 Å². The SMILES string of the molecule is COc1ccc(O)c(/C=N/NC(=O)c2cccc(NC(=O)c3ccccc3Cl)c2)c1. The van der Waals surface area contributed by atoms with Crippen molar-refractivity contribution in [3.8, 4) is 11.5 Å². The third-order valence-electron chi connectivity index (χ3n) is 4.11. The van der Waals surface area contributed by atoms with Crippen molar-refractivity contribution in [2.24, 2.45) is 5.10 Å². The molecule has 3 rings (SSSR count). The van der Waals surface area contributed by atoms with Gasteiger partial charge in [-0.15, -0.1) is 0 Å². The molecule has 2 amide bonds. The van der Waals surface area contributed by atoms with Gasteiger partial charge in [0.2, 0.25) is 0 Å². The highest BCUT2D eigenvalue weighted by Crippen LogP contribution is 2.21. The minimum atomic E-state index is -0.484. The summed E-state index contributed by atoms with van der Waals surface area (Å²) in [4.78, 5) is 24.7. The van der Waals surface area contributed by atoms with E-state index in [0.29, 0.717) is 33.1 Å². The summed E-state index contributed by atoms with van der Waals surface area (Å²) in [6.45, 7) is 0. The quantitative estimate of drug-likeness (QED) is 0.411. The Balaban J connectivity index is 1.67. The molecule has 3 aromatic rings. The number of methoxy groups -OCH3 is 1. The van der Waals surface area contributed by atoms with Gasteiger partial charge in [-0.2, -0.15) is 5.10 Å². The summed E-state index contributed by atoms with van der Waals surface area (Å²) in [7, 11) is 1.51. The maximum absolute atomic E-state index is 12.4. The molecule has 0 fully saturated rings. The highest BCUT2D eigenvalue weighted by molar-refractivity contribution is 6.34. The zero-order valence-electron chi connectivity index (χ0n) is 15.9. The van der Waals surface area contributed by atoms with Crippen molar-refractivity contribution in [2.45, 2.75) is 0 Å². The second-order valence-corrected chi connectivity index (χ2v) is 6.55. The topological polar surface area (TPSA) is 100 Å². The van der Waals surface area contributed by atoms with Crippen molar-refractivity contribution in [1.82, 2.24) is 5.43 Å². The van der Waals surface area contributed by atoms with E-state index in [1.54, 1.807) is 54.6 Å². The predicted molar refractivity (Wildman–Crippen MR) is 116 cm³/mol. The van der Waals surface area contributed by atoms with E-state index < -0.39 is 5.91 Å². The van der Waals surface area contributed by atoms with Crippen LogP contribution >= 0.6 is 11.6 Å². The molecule has 30 heavy (non-hydrogen) atoms. The van der Waals surface area contributed by atoms with E-state index in [9.17, 15) is 14.7 Å². The van der Waals surface area contributed by atoms with Crippen molar-refractivity contribution in [2.75, 3.05) is 12.4 Å². The molecule has 3 N–H and O–H groups in total. The van der Waals surface area contributed by atoms with Crippen LogP contribution in [0, 0.1) is 0 Å². The number of nitrogens with one attached hydrogen (secondary N) is 2. The van der Waals surface area contributed by atoms with Crippen LogP contribution in [0.5, 0.6) is 11.5 Å². The van der Waals surface area contributed by atoms with Crippen molar-refractivity contribution in [3.05, 3.63) is 88.4 Å². The molecule has 0 saturated heterocycles. The number of carbonyl (C=O) groups excluding carboxylic acids is 2. The number of ether oxygens (including phenoxy) is 1. The van der Waals surface area contributed by atoms with E-state index in [2.05, 4.69) is 15.8 Å². The second kappa shape index (κ2) is 9.58. The van der Waals surface area contributed by atoms with Gasteiger partial charge >= 0.3 is 0 Å². The number of phenolic OH excluding ortho intramolecular Hbond substituents is 1. The Morgan fingerprint density at radius 1 is 1.03 bits per heavy atom. The lowest BCUT2D eigenvalue weighted by atomic mass is 10.1. The highest BCUT2D eigenvalue weighted by atomic mass is 35.5. The Morgan fingerprint density at radius 2 is 1.83 bits per heavy atom. The molecular formula is C22H18ClN3O4. The number of hydrogen-bond donors (Lipinski definition) is 3. The minimum absolute atomic E-state index is 0.00178. The third kappa shape index (κ3) is 5.15. The molecule has 0 aliphatic heterocycles. The number of carbonyl (C=O) groups is 2. The molecular weight excluding hydrogens is 406 g/mol. The average molecular weight is 424 g/mol. The number of halogens is 1. The lowest BCUT2D eigenvalue weighted by molar-refractivity contribution is 0.0953. The average Bonchev–Trinajstić information content (AvgIpc) is 2.75. The zero-order valence-corrected chi connectivity index (χ0v) is 16.7. The van der Waals surface area contributed by atoms with E-state index in [0.717, 1.165) is 0 Å². The number of amides is 2. The number of hydrazone groups is 1. The Hall–Kier alpha value is -3.84. The van der Waals surface area contributed by atoms with Gasteiger partial charge in [-0.1, -0.05) is 29.8 Å². The van der Waals surface area contributed by atoms with Crippen LogP contribution in [0.15, 0.2) is 71.8 Å². The van der Waals surface area contributed by atoms with Gasteiger partial charge in [0.05, 0.1) is 23.9 Å². The summed E-state index contributed by atoms with van der Waals surface area (Å²) in [6.07, 6.45) is 1.30. The molecule has 0 aliphatic rings. The fourth-order valence-corrected chi connectivity index (χ4v) is 2.79. The summed E-state index contributed by atoms with van der Waals surface area (Å²) in [5, 5.41) is 16.7. The maximum atomic E-state index is 12.4. The van der Waals surface area contributed by atoms with E-state index in [4.69, 9.17) is 16.3 Å². The molecule has 7 nitrogen and oxygen atoms in total. The number of anilines is 1. The molecule has 0 aliphatic carbocycles. The molecule has 0 aromatic heterocycles. The van der Waals surface area contributed by atoms with E-state index in [-0.39, 0.29) is 11.7 Å². The fourth-order valence-electron chi connectivity index (χ4n) is 2.57. The van der Waals surface area contributed by atoms with Crippen LogP contribution in [-0.2, 0) is 0 Å². The smallest absolute Gasteiger partial charge is 0.271 e. The second-order valence-electron chi connectivity index (χ2n) is 6.14. The van der Waals surface area contributed by atoms with E-state index in [1.807, 2.05) is 0 Å².